The number of hydrogen-bond donors (Lipinski definition) is 2. The van der Waals surface area contributed by atoms with Crippen LogP contribution >= 0.6 is 0 Å². The molecule has 0 spiro atoms. The minimum atomic E-state index is 0.466. The summed E-state index contributed by atoms with van der Waals surface area (Å²) in [6.07, 6.45) is 0. The number of aryl methyl sites for hydroxylation is 1. The molecule has 56 heavy (non-hydrogen) atoms. The van der Waals surface area contributed by atoms with E-state index in [1.165, 1.54) is 82.1 Å². The molecular weight excluding hydrogens is 681 g/mol. The molecule has 4 nitrogen and oxygen atoms in total. The summed E-state index contributed by atoms with van der Waals surface area (Å²) in [4.78, 5) is 0. The second kappa shape index (κ2) is 13.5. The molecular formula is C52H38N4. The number of nitrogens with one attached hydrogen (secondary N) is 1. The van der Waals surface area contributed by atoms with Crippen molar-refractivity contribution < 1.29 is 0 Å². The van der Waals surface area contributed by atoms with Gasteiger partial charge in [0.15, 0.2) is 0 Å². The Morgan fingerprint density at radius 2 is 0.946 bits per heavy atom. The summed E-state index contributed by atoms with van der Waals surface area (Å²) in [5, 5.41) is 18.4. The van der Waals surface area contributed by atoms with Crippen molar-refractivity contribution >= 4 is 76.6 Å². The van der Waals surface area contributed by atoms with Crippen LogP contribution in [0, 0.1) is 12.3 Å². The summed E-state index contributed by atoms with van der Waals surface area (Å²) >= 11 is 0. The van der Waals surface area contributed by atoms with E-state index >= 15 is 0 Å². The number of para-hydroxylation sites is 4. The van der Waals surface area contributed by atoms with Gasteiger partial charge in [0.2, 0.25) is 0 Å². The molecule has 0 saturated heterocycles. The lowest BCUT2D eigenvalue weighted by Gasteiger charge is -2.13. The second-order valence-corrected chi connectivity index (χ2v) is 14.4. The first-order valence-electron chi connectivity index (χ1n) is 19.0. The van der Waals surface area contributed by atoms with Crippen molar-refractivity contribution in [1.29, 1.82) is 5.41 Å². The highest BCUT2D eigenvalue weighted by Crippen LogP contribution is 2.47. The molecule has 3 N–H and O–H groups in total. The fourth-order valence-corrected chi connectivity index (χ4v) is 8.52. The smallest absolute Gasteiger partial charge is 0.0705 e. The molecule has 2 aromatic heterocycles. The van der Waals surface area contributed by atoms with Crippen LogP contribution in [0.25, 0.3) is 76.5 Å². The van der Waals surface area contributed by atoms with E-state index in [0.717, 1.165) is 11.1 Å². The van der Waals surface area contributed by atoms with E-state index in [1.807, 2.05) is 54.6 Å². The van der Waals surface area contributed by atoms with E-state index in [1.54, 1.807) is 0 Å². The number of hydrogen-bond acceptors (Lipinski definition) is 2. The number of aromatic nitrogens is 2. The molecule has 0 amide bonds. The minimum absolute atomic E-state index is 0.466. The molecule has 0 fully saturated rings. The van der Waals surface area contributed by atoms with Gasteiger partial charge < -0.3 is 14.9 Å². The maximum absolute atomic E-state index is 8.03. The third kappa shape index (κ3) is 5.26. The van der Waals surface area contributed by atoms with Crippen molar-refractivity contribution in [3.8, 4) is 11.4 Å². The first kappa shape index (κ1) is 33.2. The number of nitrogens with two attached hydrogens (primary N) is 1. The number of benzene rings is 9. The fourth-order valence-electron chi connectivity index (χ4n) is 8.52. The SMILES string of the molecule is Cc1ccc(-n2c3ccccc3c3c4c(ccc32)c2ccccc2c2c4c3ccccc3n2-c2ccccc2)cc1.N=C(c1ccccc1)c1ccccc1N. The Labute approximate surface area is 324 Å². The van der Waals surface area contributed by atoms with Gasteiger partial charge in [-0.2, -0.15) is 0 Å². The molecule has 0 radical (unpaired) electrons. The van der Waals surface area contributed by atoms with Gasteiger partial charge in [-0.1, -0.05) is 151 Å². The Balaban J connectivity index is 0.000000216. The molecule has 11 aromatic rings. The number of anilines is 1. The van der Waals surface area contributed by atoms with Gasteiger partial charge >= 0.3 is 0 Å². The molecule has 0 unspecified atom stereocenters. The quantitative estimate of drug-likeness (QED) is 0.106. The lowest BCUT2D eigenvalue weighted by Crippen LogP contribution is -2.04. The van der Waals surface area contributed by atoms with Crippen LogP contribution in [0.5, 0.6) is 0 Å². The average Bonchev–Trinajstić information content (AvgIpc) is 3.79. The van der Waals surface area contributed by atoms with Crippen LogP contribution in [0.4, 0.5) is 5.69 Å². The Kier molecular flexibility index (Phi) is 7.97. The number of rotatable bonds is 4. The Bertz CT molecular complexity index is 3260. The number of nitrogen functional groups attached to an aromatic ring is 1. The van der Waals surface area contributed by atoms with Crippen molar-refractivity contribution in [3.63, 3.8) is 0 Å². The Morgan fingerprint density at radius 3 is 1.64 bits per heavy atom. The highest BCUT2D eigenvalue weighted by atomic mass is 15.0. The van der Waals surface area contributed by atoms with Crippen LogP contribution in [0.15, 0.2) is 194 Å². The van der Waals surface area contributed by atoms with Gasteiger partial charge in [0.05, 0.1) is 27.8 Å². The number of fused-ring (bicyclic) bond motifs is 12. The highest BCUT2D eigenvalue weighted by molar-refractivity contribution is 6.39. The van der Waals surface area contributed by atoms with Crippen LogP contribution in [-0.4, -0.2) is 14.8 Å². The summed E-state index contributed by atoms with van der Waals surface area (Å²) in [5.74, 6) is 0. The molecule has 0 saturated carbocycles. The van der Waals surface area contributed by atoms with Crippen LogP contribution in [0.3, 0.4) is 0 Å². The van der Waals surface area contributed by atoms with Crippen molar-refractivity contribution in [3.05, 3.63) is 211 Å². The monoisotopic (exact) mass is 718 g/mol. The second-order valence-electron chi connectivity index (χ2n) is 14.4. The first-order valence-corrected chi connectivity index (χ1v) is 19.0. The predicted octanol–water partition coefficient (Wildman–Crippen LogP) is 13.2. The summed E-state index contributed by atoms with van der Waals surface area (Å²) in [7, 11) is 0. The van der Waals surface area contributed by atoms with Crippen molar-refractivity contribution in [2.45, 2.75) is 6.92 Å². The van der Waals surface area contributed by atoms with Crippen LogP contribution in [0.2, 0.25) is 0 Å². The summed E-state index contributed by atoms with van der Waals surface area (Å²) in [6.45, 7) is 2.15. The summed E-state index contributed by atoms with van der Waals surface area (Å²) in [5.41, 5.74) is 17.2. The standard InChI is InChI=1S/C39H26N2.C13H12N2/c1-25-19-21-27(22-20-25)40-33-17-9-7-15-31(33)36-35(40)24-23-29-28-13-5-6-14-30(28)39-38(37(29)36)32-16-8-10-18-34(32)41(39)26-11-3-2-4-12-26;14-12-9-5-4-8-11(12)13(15)10-6-2-1-3-7-10/h2-24H,1H3;1-9,15H,14H2. The molecule has 0 atom stereocenters. The van der Waals surface area contributed by atoms with Crippen LogP contribution in [0.1, 0.15) is 16.7 Å². The minimum Gasteiger partial charge on any atom is -0.398 e. The summed E-state index contributed by atoms with van der Waals surface area (Å²) in [6, 6.07) is 68.1. The zero-order valence-corrected chi connectivity index (χ0v) is 30.9. The van der Waals surface area contributed by atoms with Gasteiger partial charge in [0.1, 0.15) is 0 Å². The number of nitrogens with zero attached hydrogens (tertiary/aromatic N) is 2. The lowest BCUT2D eigenvalue weighted by atomic mass is 9.93. The van der Waals surface area contributed by atoms with E-state index in [0.29, 0.717) is 11.4 Å². The third-order valence-corrected chi connectivity index (χ3v) is 11.0. The first-order chi connectivity index (χ1) is 27.6. The van der Waals surface area contributed by atoms with Gasteiger partial charge in [-0.3, -0.25) is 5.41 Å². The van der Waals surface area contributed by atoms with Gasteiger partial charge in [-0.05, 0) is 66.2 Å². The molecule has 4 heteroatoms. The molecule has 266 valence electrons. The van der Waals surface area contributed by atoms with E-state index in [9.17, 15) is 0 Å². The molecule has 2 heterocycles. The molecule has 0 aliphatic carbocycles. The van der Waals surface area contributed by atoms with Crippen molar-refractivity contribution in [2.75, 3.05) is 5.73 Å². The molecule has 9 aromatic carbocycles. The van der Waals surface area contributed by atoms with Gasteiger partial charge in [-0.25, -0.2) is 0 Å². The zero-order chi connectivity index (χ0) is 37.8. The van der Waals surface area contributed by atoms with E-state index in [2.05, 4.69) is 156 Å². The average molecular weight is 719 g/mol. The Morgan fingerprint density at radius 1 is 0.411 bits per heavy atom. The van der Waals surface area contributed by atoms with E-state index < -0.39 is 0 Å². The predicted molar refractivity (Wildman–Crippen MR) is 238 cm³/mol. The normalized spacial score (nSPS) is 11.4. The van der Waals surface area contributed by atoms with Gasteiger partial charge in [0.25, 0.3) is 0 Å². The van der Waals surface area contributed by atoms with E-state index in [4.69, 9.17) is 11.1 Å². The van der Waals surface area contributed by atoms with Crippen molar-refractivity contribution in [2.24, 2.45) is 0 Å². The highest BCUT2D eigenvalue weighted by Gasteiger charge is 2.23. The topological polar surface area (TPSA) is 59.7 Å². The maximum atomic E-state index is 8.03. The van der Waals surface area contributed by atoms with Crippen LogP contribution < -0.4 is 5.73 Å². The molecule has 11 rings (SSSR count). The molecule has 0 aliphatic rings. The van der Waals surface area contributed by atoms with Crippen LogP contribution in [-0.2, 0) is 0 Å². The van der Waals surface area contributed by atoms with E-state index in [-0.39, 0.29) is 0 Å². The Hall–Kier alpha value is -7.43. The largest absolute Gasteiger partial charge is 0.398 e. The summed E-state index contributed by atoms with van der Waals surface area (Å²) < 4.78 is 4.89. The van der Waals surface area contributed by atoms with Gasteiger partial charge in [0, 0.05) is 60.5 Å². The molecule has 0 bridgehead atoms. The fraction of sp³-hybridized carbons (Fsp3) is 0.0192. The maximum Gasteiger partial charge on any atom is 0.0705 e. The molecule has 0 aliphatic heterocycles. The zero-order valence-electron chi connectivity index (χ0n) is 30.9. The van der Waals surface area contributed by atoms with Gasteiger partial charge in [-0.15, -0.1) is 0 Å². The third-order valence-electron chi connectivity index (χ3n) is 11.0. The van der Waals surface area contributed by atoms with Crippen molar-refractivity contribution in [1.82, 2.24) is 9.13 Å². The lowest BCUT2D eigenvalue weighted by molar-refractivity contribution is 1.18.